The first-order chi connectivity index (χ1) is 13.2. The number of nitrogens with zero attached hydrogens (tertiary/aromatic N) is 3. The Balaban J connectivity index is 1.78. The van der Waals surface area contributed by atoms with Gasteiger partial charge in [-0.15, -0.1) is 0 Å². The van der Waals surface area contributed by atoms with E-state index in [9.17, 15) is 0 Å². The normalized spacial score (nSPS) is 19.2. The number of rotatable bonds is 5. The Morgan fingerprint density at radius 2 is 1.93 bits per heavy atom. The largest absolute Gasteiger partial charge is 0.497 e. The van der Waals surface area contributed by atoms with Gasteiger partial charge in [0.2, 0.25) is 0 Å². The van der Waals surface area contributed by atoms with Crippen molar-refractivity contribution in [3.8, 4) is 11.4 Å². The smallest absolute Gasteiger partial charge is 0.170 e. The van der Waals surface area contributed by atoms with Gasteiger partial charge in [0.15, 0.2) is 5.11 Å². The lowest BCUT2D eigenvalue weighted by Crippen LogP contribution is -2.30. The zero-order valence-corrected chi connectivity index (χ0v) is 16.2. The average Bonchev–Trinajstić information content (AvgIpc) is 3.32. The SMILES string of the molecule is CCN1C(=S)N[C@@H](c2ccccn2)[C@H]1c1cccn1-c1ccc(OC)cc1. The molecule has 5 nitrogen and oxygen atoms in total. The predicted molar refractivity (Wildman–Crippen MR) is 110 cm³/mol. The molecule has 138 valence electrons. The maximum atomic E-state index is 5.62. The first-order valence-corrected chi connectivity index (χ1v) is 9.43. The topological polar surface area (TPSA) is 42.3 Å². The number of ether oxygens (including phenoxy) is 1. The van der Waals surface area contributed by atoms with Crippen LogP contribution in [-0.2, 0) is 0 Å². The van der Waals surface area contributed by atoms with E-state index in [0.717, 1.165) is 28.8 Å². The van der Waals surface area contributed by atoms with Crippen molar-refractivity contribution in [3.63, 3.8) is 0 Å². The summed E-state index contributed by atoms with van der Waals surface area (Å²) in [6.07, 6.45) is 3.91. The second kappa shape index (κ2) is 7.40. The van der Waals surface area contributed by atoms with E-state index >= 15 is 0 Å². The molecule has 3 heterocycles. The van der Waals surface area contributed by atoms with Crippen molar-refractivity contribution in [1.82, 2.24) is 19.8 Å². The van der Waals surface area contributed by atoms with Crippen LogP contribution in [0.3, 0.4) is 0 Å². The quantitative estimate of drug-likeness (QED) is 0.683. The van der Waals surface area contributed by atoms with Crippen molar-refractivity contribution < 1.29 is 4.74 Å². The average molecular weight is 379 g/mol. The van der Waals surface area contributed by atoms with E-state index in [4.69, 9.17) is 17.0 Å². The first kappa shape index (κ1) is 17.5. The monoisotopic (exact) mass is 378 g/mol. The minimum Gasteiger partial charge on any atom is -0.497 e. The predicted octanol–water partition coefficient (Wildman–Crippen LogP) is 3.87. The van der Waals surface area contributed by atoms with Crippen LogP contribution in [0.1, 0.15) is 30.4 Å². The third-order valence-corrected chi connectivity index (χ3v) is 5.32. The Kier molecular flexibility index (Phi) is 4.81. The molecule has 6 heteroatoms. The van der Waals surface area contributed by atoms with Crippen LogP contribution in [0.5, 0.6) is 5.75 Å². The van der Waals surface area contributed by atoms with Crippen LogP contribution in [0.4, 0.5) is 0 Å². The van der Waals surface area contributed by atoms with E-state index in [-0.39, 0.29) is 12.1 Å². The van der Waals surface area contributed by atoms with Crippen LogP contribution >= 0.6 is 12.2 Å². The van der Waals surface area contributed by atoms with Crippen molar-refractivity contribution in [2.24, 2.45) is 0 Å². The zero-order chi connectivity index (χ0) is 18.8. The molecule has 0 unspecified atom stereocenters. The number of hydrogen-bond donors (Lipinski definition) is 1. The number of nitrogens with one attached hydrogen (secondary N) is 1. The minimum atomic E-state index is 0.00514. The molecule has 0 saturated carbocycles. The third-order valence-electron chi connectivity index (χ3n) is 4.97. The van der Waals surface area contributed by atoms with E-state index in [2.05, 4.69) is 57.2 Å². The molecule has 0 amide bonds. The fraction of sp³-hybridized carbons (Fsp3) is 0.238. The summed E-state index contributed by atoms with van der Waals surface area (Å²) in [6, 6.07) is 18.4. The summed E-state index contributed by atoms with van der Waals surface area (Å²) in [5.74, 6) is 0.845. The molecule has 2 aromatic heterocycles. The third kappa shape index (κ3) is 3.17. The molecule has 1 aliphatic rings. The van der Waals surface area contributed by atoms with E-state index < -0.39 is 0 Å². The Hall–Kier alpha value is -2.86. The Morgan fingerprint density at radius 3 is 2.59 bits per heavy atom. The summed E-state index contributed by atoms with van der Waals surface area (Å²) in [7, 11) is 1.68. The fourth-order valence-corrected chi connectivity index (χ4v) is 4.05. The van der Waals surface area contributed by atoms with E-state index in [0.29, 0.717) is 0 Å². The van der Waals surface area contributed by atoms with E-state index in [1.165, 1.54) is 5.69 Å². The first-order valence-electron chi connectivity index (χ1n) is 9.02. The van der Waals surface area contributed by atoms with Crippen molar-refractivity contribution in [3.05, 3.63) is 78.4 Å². The minimum absolute atomic E-state index is 0.00514. The molecule has 2 atom stereocenters. The summed E-state index contributed by atoms with van der Waals surface area (Å²) in [5.41, 5.74) is 3.25. The summed E-state index contributed by atoms with van der Waals surface area (Å²) < 4.78 is 7.49. The summed E-state index contributed by atoms with van der Waals surface area (Å²) in [4.78, 5) is 6.80. The van der Waals surface area contributed by atoms with Crippen molar-refractivity contribution in [2.75, 3.05) is 13.7 Å². The lowest BCUT2D eigenvalue weighted by Gasteiger charge is -2.28. The summed E-state index contributed by atoms with van der Waals surface area (Å²) in [5, 5.41) is 4.23. The van der Waals surface area contributed by atoms with Crippen LogP contribution in [0.15, 0.2) is 67.0 Å². The molecule has 3 aromatic rings. The second-order valence-corrected chi connectivity index (χ2v) is 6.80. The number of hydrogen-bond acceptors (Lipinski definition) is 3. The number of methoxy groups -OCH3 is 1. The highest BCUT2D eigenvalue weighted by molar-refractivity contribution is 7.80. The molecular weight excluding hydrogens is 356 g/mol. The molecule has 4 rings (SSSR count). The van der Waals surface area contributed by atoms with Gasteiger partial charge in [-0.25, -0.2) is 0 Å². The fourth-order valence-electron chi connectivity index (χ4n) is 3.68. The number of benzene rings is 1. The molecule has 0 spiro atoms. The Morgan fingerprint density at radius 1 is 1.11 bits per heavy atom. The number of pyridine rings is 1. The Bertz CT molecular complexity index is 923. The van der Waals surface area contributed by atoms with Gasteiger partial charge < -0.3 is 19.5 Å². The summed E-state index contributed by atoms with van der Waals surface area (Å²) in [6.45, 7) is 2.95. The van der Waals surface area contributed by atoms with Gasteiger partial charge in [-0.2, -0.15) is 0 Å². The molecule has 1 N–H and O–H groups in total. The molecule has 0 radical (unpaired) electrons. The van der Waals surface area contributed by atoms with E-state index in [1.54, 1.807) is 7.11 Å². The lowest BCUT2D eigenvalue weighted by atomic mass is 10.0. The maximum absolute atomic E-state index is 5.62. The molecule has 1 aromatic carbocycles. The van der Waals surface area contributed by atoms with Crippen LogP contribution in [-0.4, -0.2) is 33.2 Å². The Labute approximate surface area is 164 Å². The van der Waals surface area contributed by atoms with Crippen LogP contribution in [0, 0.1) is 0 Å². The number of aromatic nitrogens is 2. The highest BCUT2D eigenvalue weighted by Gasteiger charge is 2.40. The van der Waals surface area contributed by atoms with Crippen molar-refractivity contribution >= 4 is 17.3 Å². The van der Waals surface area contributed by atoms with Gasteiger partial charge in [-0.1, -0.05) is 6.07 Å². The highest BCUT2D eigenvalue weighted by Crippen LogP contribution is 2.39. The molecule has 0 bridgehead atoms. The van der Waals surface area contributed by atoms with Crippen molar-refractivity contribution in [1.29, 1.82) is 0 Å². The van der Waals surface area contributed by atoms with Crippen LogP contribution in [0.2, 0.25) is 0 Å². The molecular formula is C21H22N4OS. The maximum Gasteiger partial charge on any atom is 0.170 e. The standard InChI is InChI=1S/C21H22N4OS/c1-3-24-20(19(23-21(24)27)17-7-4-5-13-22-17)18-8-6-14-25(18)15-9-11-16(26-2)12-10-15/h4-14,19-20H,3H2,1-2H3,(H,23,27)/t19-,20+/m0/s1. The highest BCUT2D eigenvalue weighted by atomic mass is 32.1. The zero-order valence-electron chi connectivity index (χ0n) is 15.4. The number of likely N-dealkylation sites (N-methyl/N-ethyl adjacent to an activating group) is 1. The van der Waals surface area contributed by atoms with Gasteiger partial charge in [0, 0.05) is 30.3 Å². The van der Waals surface area contributed by atoms with Gasteiger partial charge >= 0.3 is 0 Å². The second-order valence-electron chi connectivity index (χ2n) is 6.41. The van der Waals surface area contributed by atoms with Crippen LogP contribution in [0.25, 0.3) is 5.69 Å². The summed E-state index contributed by atoms with van der Waals surface area (Å²) >= 11 is 5.62. The number of thiocarbonyl (C=S) groups is 1. The molecule has 1 aliphatic heterocycles. The van der Waals surface area contributed by atoms with Gasteiger partial charge in [-0.3, -0.25) is 4.98 Å². The van der Waals surface area contributed by atoms with Gasteiger partial charge in [0.05, 0.1) is 24.9 Å². The van der Waals surface area contributed by atoms with Gasteiger partial charge in [-0.05, 0) is 67.7 Å². The molecule has 27 heavy (non-hydrogen) atoms. The lowest BCUT2D eigenvalue weighted by molar-refractivity contribution is 0.321. The molecule has 0 aliphatic carbocycles. The molecule has 1 fully saturated rings. The van der Waals surface area contributed by atoms with Crippen molar-refractivity contribution in [2.45, 2.75) is 19.0 Å². The van der Waals surface area contributed by atoms with Gasteiger partial charge in [0.25, 0.3) is 0 Å². The van der Waals surface area contributed by atoms with E-state index in [1.807, 2.05) is 36.5 Å². The van der Waals surface area contributed by atoms with Gasteiger partial charge in [0.1, 0.15) is 5.75 Å². The molecule has 1 saturated heterocycles. The van der Waals surface area contributed by atoms with Crippen LogP contribution < -0.4 is 10.1 Å².